The Labute approximate surface area is 196 Å². The molecular weight excluding hydrogens is 402 g/mol. The highest BCUT2D eigenvalue weighted by molar-refractivity contribution is 7.80. The van der Waals surface area contributed by atoms with E-state index in [2.05, 4.69) is 45.3 Å². The fourth-order valence-corrected chi connectivity index (χ4v) is 9.21. The predicted octanol–water partition coefficient (Wildman–Crippen LogP) is 5.43. The summed E-state index contributed by atoms with van der Waals surface area (Å²) in [6.45, 7) is 12.7. The average molecular weight is 450 g/mol. The number of nitrogens with one attached hydrogen (secondary N) is 1. The van der Waals surface area contributed by atoms with Crippen molar-refractivity contribution < 1.29 is 10.2 Å². The summed E-state index contributed by atoms with van der Waals surface area (Å²) in [7, 11) is 0. The lowest BCUT2D eigenvalue weighted by Gasteiger charge is -2.62. The zero-order valence-electron chi connectivity index (χ0n) is 20.2. The minimum atomic E-state index is -0.169. The van der Waals surface area contributed by atoms with Gasteiger partial charge >= 0.3 is 0 Å². The van der Waals surface area contributed by atoms with Gasteiger partial charge in [0.2, 0.25) is 0 Å². The number of hydrogen-bond acceptors (Lipinski definition) is 4. The predicted molar refractivity (Wildman–Crippen MR) is 132 cm³/mol. The summed E-state index contributed by atoms with van der Waals surface area (Å²) in [6, 6.07) is 0. The molecule has 4 fully saturated rings. The van der Waals surface area contributed by atoms with Crippen molar-refractivity contribution in [1.82, 2.24) is 5.32 Å². The molecule has 0 aromatic rings. The first-order chi connectivity index (χ1) is 14.7. The lowest BCUT2D eigenvalue weighted by atomic mass is 9.43. The third-order valence-electron chi connectivity index (χ3n) is 10.8. The second kappa shape index (κ2) is 9.22. The molecule has 4 saturated carbocycles. The van der Waals surface area contributed by atoms with Gasteiger partial charge in [-0.25, -0.2) is 0 Å². The molecule has 0 aliphatic heterocycles. The van der Waals surface area contributed by atoms with Crippen LogP contribution in [0.5, 0.6) is 0 Å². The van der Waals surface area contributed by atoms with Crippen LogP contribution in [0.1, 0.15) is 85.0 Å². The first-order valence-electron chi connectivity index (χ1n) is 13.1. The van der Waals surface area contributed by atoms with Gasteiger partial charge in [0.05, 0.1) is 12.2 Å². The van der Waals surface area contributed by atoms with E-state index in [1.54, 1.807) is 0 Å². The van der Waals surface area contributed by atoms with Gasteiger partial charge in [-0.15, -0.1) is 0 Å². The van der Waals surface area contributed by atoms with Crippen LogP contribution < -0.4 is 5.32 Å². The lowest BCUT2D eigenvalue weighted by Crippen LogP contribution is -2.58. The molecule has 4 aliphatic rings. The minimum absolute atomic E-state index is 0.149. The monoisotopic (exact) mass is 449 g/mol. The summed E-state index contributed by atoms with van der Waals surface area (Å²) in [4.78, 5) is 0. The molecule has 0 aromatic heterocycles. The standard InChI is InChI=1S/C27H47NO2S/c1-17(5-6-18(2)28-13-14-31)21-7-8-22-25-23(10-12-27(21,22)4)26(3)11-9-20(29)15-19(26)16-24(25)30/h17,19-25,28-31H,2,5-16H2,1,3-4H3/t17-,19+,20-,21-,22+,23+,24+,25+,26+,27-/m1/s1. The zero-order valence-corrected chi connectivity index (χ0v) is 21.0. The van der Waals surface area contributed by atoms with Crippen LogP contribution in [0.25, 0.3) is 0 Å². The van der Waals surface area contributed by atoms with Crippen molar-refractivity contribution in [3.05, 3.63) is 12.3 Å². The zero-order chi connectivity index (χ0) is 22.4. The van der Waals surface area contributed by atoms with Gasteiger partial charge in [-0.1, -0.05) is 27.4 Å². The summed E-state index contributed by atoms with van der Waals surface area (Å²) in [6.07, 6.45) is 11.1. The van der Waals surface area contributed by atoms with Crippen molar-refractivity contribution in [3.8, 4) is 0 Å². The van der Waals surface area contributed by atoms with Crippen molar-refractivity contribution in [2.75, 3.05) is 12.3 Å². The van der Waals surface area contributed by atoms with Crippen LogP contribution in [0.15, 0.2) is 12.3 Å². The molecule has 178 valence electrons. The molecule has 3 nitrogen and oxygen atoms in total. The van der Waals surface area contributed by atoms with Crippen LogP contribution >= 0.6 is 12.6 Å². The number of allylic oxidation sites excluding steroid dienone is 1. The van der Waals surface area contributed by atoms with E-state index in [1.807, 2.05) is 0 Å². The summed E-state index contributed by atoms with van der Waals surface area (Å²) in [5, 5.41) is 25.1. The molecule has 0 saturated heterocycles. The molecule has 4 rings (SSSR count). The molecule has 4 aliphatic carbocycles. The van der Waals surface area contributed by atoms with E-state index < -0.39 is 0 Å². The Hall–Kier alpha value is -0.190. The Morgan fingerprint density at radius 1 is 1.06 bits per heavy atom. The molecule has 0 radical (unpaired) electrons. The minimum Gasteiger partial charge on any atom is -0.393 e. The molecule has 4 heteroatoms. The first-order valence-corrected chi connectivity index (χ1v) is 13.7. The largest absolute Gasteiger partial charge is 0.393 e. The van der Waals surface area contributed by atoms with Crippen LogP contribution in [0.4, 0.5) is 0 Å². The normalized spacial score (nSPS) is 47.7. The van der Waals surface area contributed by atoms with Crippen molar-refractivity contribution >= 4 is 12.6 Å². The molecule has 10 atom stereocenters. The van der Waals surface area contributed by atoms with E-state index in [-0.39, 0.29) is 12.2 Å². The van der Waals surface area contributed by atoms with Crippen LogP contribution in [-0.2, 0) is 0 Å². The smallest absolute Gasteiger partial charge is 0.0577 e. The maximum atomic E-state index is 11.4. The molecular formula is C27H47NO2S. The Balaban J connectivity index is 1.46. The molecule has 0 unspecified atom stereocenters. The molecule has 0 spiro atoms. The van der Waals surface area contributed by atoms with Crippen LogP contribution in [0, 0.1) is 46.3 Å². The number of aliphatic hydroxyl groups excluding tert-OH is 2. The van der Waals surface area contributed by atoms with Crippen LogP contribution in [-0.4, -0.2) is 34.7 Å². The van der Waals surface area contributed by atoms with Gasteiger partial charge in [-0.05, 0) is 111 Å². The van der Waals surface area contributed by atoms with Gasteiger partial charge in [0.15, 0.2) is 0 Å². The van der Waals surface area contributed by atoms with E-state index in [0.29, 0.717) is 40.4 Å². The van der Waals surface area contributed by atoms with Crippen molar-refractivity contribution in [1.29, 1.82) is 0 Å². The summed E-state index contributed by atoms with van der Waals surface area (Å²) in [5.74, 6) is 4.61. The Kier molecular flexibility index (Phi) is 7.12. The van der Waals surface area contributed by atoms with E-state index >= 15 is 0 Å². The maximum Gasteiger partial charge on any atom is 0.0577 e. The van der Waals surface area contributed by atoms with Gasteiger partial charge in [0.1, 0.15) is 0 Å². The molecule has 0 amide bonds. The Morgan fingerprint density at radius 2 is 1.77 bits per heavy atom. The van der Waals surface area contributed by atoms with Gasteiger partial charge < -0.3 is 15.5 Å². The van der Waals surface area contributed by atoms with Crippen molar-refractivity contribution in [2.24, 2.45) is 46.3 Å². The summed E-state index contributed by atoms with van der Waals surface area (Å²) < 4.78 is 0. The van der Waals surface area contributed by atoms with Gasteiger partial charge in [0, 0.05) is 18.0 Å². The summed E-state index contributed by atoms with van der Waals surface area (Å²) in [5.41, 5.74) is 1.86. The second-order valence-corrected chi connectivity index (χ2v) is 12.7. The average Bonchev–Trinajstić information content (AvgIpc) is 3.09. The van der Waals surface area contributed by atoms with E-state index in [4.69, 9.17) is 0 Å². The third-order valence-corrected chi connectivity index (χ3v) is 11.0. The topological polar surface area (TPSA) is 52.5 Å². The van der Waals surface area contributed by atoms with Gasteiger partial charge in [-0.3, -0.25) is 0 Å². The SMILES string of the molecule is C=C(CC[C@@H](C)[C@H]1CC[C@H]2[C@@H]3[C@@H](O)C[C@@H]4C[C@H](O)CC[C@]4(C)[C@H]3CC[C@]12C)NCCS. The third kappa shape index (κ3) is 4.23. The number of rotatable bonds is 7. The van der Waals surface area contributed by atoms with E-state index in [1.165, 1.54) is 32.1 Å². The number of thiol groups is 1. The van der Waals surface area contributed by atoms with E-state index in [9.17, 15) is 10.2 Å². The molecule has 0 bridgehead atoms. The van der Waals surface area contributed by atoms with Crippen LogP contribution in [0.2, 0.25) is 0 Å². The van der Waals surface area contributed by atoms with Crippen molar-refractivity contribution in [3.63, 3.8) is 0 Å². The Bertz CT molecular complexity index is 655. The summed E-state index contributed by atoms with van der Waals surface area (Å²) >= 11 is 4.28. The fraction of sp³-hybridized carbons (Fsp3) is 0.926. The first kappa shape index (κ1) is 24.0. The maximum absolute atomic E-state index is 11.4. The highest BCUT2D eigenvalue weighted by atomic mass is 32.1. The van der Waals surface area contributed by atoms with Crippen molar-refractivity contribution in [2.45, 2.75) is 97.2 Å². The quantitative estimate of drug-likeness (QED) is 0.392. The molecule has 0 aromatic carbocycles. The highest BCUT2D eigenvalue weighted by Crippen LogP contribution is 2.68. The lowest BCUT2D eigenvalue weighted by molar-refractivity contribution is -0.174. The van der Waals surface area contributed by atoms with E-state index in [0.717, 1.165) is 56.0 Å². The second-order valence-electron chi connectivity index (χ2n) is 12.2. The molecule has 3 N–H and O–H groups in total. The van der Waals surface area contributed by atoms with Crippen LogP contribution in [0.3, 0.4) is 0 Å². The number of hydrogen-bond donors (Lipinski definition) is 4. The fourth-order valence-electron chi connectivity index (χ4n) is 9.10. The molecule has 0 heterocycles. The molecule has 31 heavy (non-hydrogen) atoms. The highest BCUT2D eigenvalue weighted by Gasteiger charge is 2.62. The van der Waals surface area contributed by atoms with Gasteiger partial charge in [-0.2, -0.15) is 12.6 Å². The Morgan fingerprint density at radius 3 is 2.52 bits per heavy atom. The number of fused-ring (bicyclic) bond motifs is 5. The number of aliphatic hydroxyl groups is 2. The van der Waals surface area contributed by atoms with Gasteiger partial charge in [0.25, 0.3) is 0 Å².